The minimum atomic E-state index is -1.02. The van der Waals surface area contributed by atoms with E-state index < -0.39 is 5.97 Å². The number of carbonyl (C=O) groups is 1. The molecule has 0 saturated heterocycles. The number of carboxylic acids is 1. The Morgan fingerprint density at radius 1 is 1.50 bits per heavy atom. The highest BCUT2D eigenvalue weighted by Gasteiger charge is 2.26. The van der Waals surface area contributed by atoms with Crippen molar-refractivity contribution in [1.82, 2.24) is 9.78 Å². The molecule has 1 aliphatic heterocycles. The van der Waals surface area contributed by atoms with Crippen LogP contribution in [-0.2, 0) is 17.8 Å². The van der Waals surface area contributed by atoms with Gasteiger partial charge < -0.3 is 9.84 Å². The summed E-state index contributed by atoms with van der Waals surface area (Å²) in [5.74, 6) is -1.02. The summed E-state index contributed by atoms with van der Waals surface area (Å²) in [6, 6.07) is 5.92. The smallest absolute Gasteiger partial charge is 0.356 e. The van der Waals surface area contributed by atoms with Crippen molar-refractivity contribution in [3.8, 4) is 5.69 Å². The Kier molecular flexibility index (Phi) is 3.35. The van der Waals surface area contributed by atoms with Crippen LogP contribution in [0.25, 0.3) is 5.69 Å². The Morgan fingerprint density at radius 3 is 3.05 bits per heavy atom. The fourth-order valence-corrected chi connectivity index (χ4v) is 2.81. The quantitative estimate of drug-likeness (QED) is 0.915. The summed E-state index contributed by atoms with van der Waals surface area (Å²) in [5, 5.41) is 13.6. The molecule has 2 heterocycles. The molecule has 104 valence electrons. The number of fused-ring (bicyclic) bond motifs is 1. The lowest BCUT2D eigenvalue weighted by Crippen LogP contribution is -2.14. The Bertz CT molecular complexity index is 694. The number of halogens is 1. The van der Waals surface area contributed by atoms with Crippen molar-refractivity contribution in [1.29, 1.82) is 0 Å². The molecule has 20 heavy (non-hydrogen) atoms. The molecule has 2 aromatic rings. The molecule has 1 aromatic carbocycles. The predicted molar refractivity (Wildman–Crippen MR) is 76.3 cm³/mol. The zero-order valence-corrected chi connectivity index (χ0v) is 12.5. The van der Waals surface area contributed by atoms with Crippen molar-refractivity contribution in [2.45, 2.75) is 20.0 Å². The Labute approximate surface area is 124 Å². The summed E-state index contributed by atoms with van der Waals surface area (Å²) in [7, 11) is 0. The van der Waals surface area contributed by atoms with Crippen molar-refractivity contribution in [2.75, 3.05) is 6.61 Å². The highest BCUT2D eigenvalue weighted by Crippen LogP contribution is 2.28. The lowest BCUT2D eigenvalue weighted by atomic mass is 10.1. The molecule has 3 rings (SSSR count). The first-order chi connectivity index (χ1) is 9.58. The molecular formula is C14H13BrN2O3. The van der Waals surface area contributed by atoms with Gasteiger partial charge in [-0.3, -0.25) is 0 Å². The Hall–Kier alpha value is -1.66. The van der Waals surface area contributed by atoms with Crippen molar-refractivity contribution >= 4 is 21.9 Å². The summed E-state index contributed by atoms with van der Waals surface area (Å²) in [6.07, 6.45) is 0.663. The van der Waals surface area contributed by atoms with Gasteiger partial charge >= 0.3 is 5.97 Å². The monoisotopic (exact) mass is 336 g/mol. The second kappa shape index (κ2) is 5.03. The van der Waals surface area contributed by atoms with Crippen LogP contribution in [0.1, 0.15) is 27.3 Å². The number of nitrogens with zero attached hydrogens (tertiary/aromatic N) is 2. The number of hydrogen-bond acceptors (Lipinski definition) is 3. The molecule has 0 radical (unpaired) electrons. The second-order valence-corrected chi connectivity index (χ2v) is 5.60. The third-order valence-electron chi connectivity index (χ3n) is 3.35. The number of aryl methyl sites for hydroxylation is 1. The lowest BCUT2D eigenvalue weighted by molar-refractivity contribution is 0.0677. The van der Waals surface area contributed by atoms with Gasteiger partial charge in [0.15, 0.2) is 5.69 Å². The summed E-state index contributed by atoms with van der Waals surface area (Å²) >= 11 is 3.50. The molecule has 0 atom stereocenters. The highest BCUT2D eigenvalue weighted by molar-refractivity contribution is 9.10. The van der Waals surface area contributed by atoms with Crippen molar-refractivity contribution in [2.24, 2.45) is 0 Å². The van der Waals surface area contributed by atoms with Gasteiger partial charge in [0.1, 0.15) is 0 Å². The van der Waals surface area contributed by atoms with E-state index in [1.54, 1.807) is 4.68 Å². The van der Waals surface area contributed by atoms with Gasteiger partial charge in [-0.25, -0.2) is 9.48 Å². The Balaban J connectivity index is 2.23. The first-order valence-electron chi connectivity index (χ1n) is 6.26. The van der Waals surface area contributed by atoms with E-state index in [1.807, 2.05) is 25.1 Å². The van der Waals surface area contributed by atoms with Gasteiger partial charge in [0.25, 0.3) is 0 Å². The van der Waals surface area contributed by atoms with Crippen LogP contribution in [0.5, 0.6) is 0 Å². The van der Waals surface area contributed by atoms with Crippen LogP contribution in [0.3, 0.4) is 0 Å². The molecule has 0 unspecified atom stereocenters. The zero-order valence-electron chi connectivity index (χ0n) is 10.9. The maximum atomic E-state index is 11.3. The first kappa shape index (κ1) is 13.3. The molecule has 0 bridgehead atoms. The van der Waals surface area contributed by atoms with E-state index in [4.69, 9.17) is 4.74 Å². The number of rotatable bonds is 2. The van der Waals surface area contributed by atoms with Crippen molar-refractivity contribution in [3.63, 3.8) is 0 Å². The molecule has 0 amide bonds. The average molecular weight is 337 g/mol. The van der Waals surface area contributed by atoms with Gasteiger partial charge in [0, 0.05) is 16.5 Å². The summed E-state index contributed by atoms with van der Waals surface area (Å²) in [5.41, 5.74) is 3.62. The molecule has 1 aliphatic rings. The average Bonchev–Trinajstić information content (AvgIpc) is 2.81. The van der Waals surface area contributed by atoms with Crippen molar-refractivity contribution < 1.29 is 14.6 Å². The third kappa shape index (κ3) is 2.14. The third-order valence-corrected chi connectivity index (χ3v) is 4.02. The molecule has 5 nitrogen and oxygen atoms in total. The Morgan fingerprint density at radius 2 is 2.30 bits per heavy atom. The summed E-state index contributed by atoms with van der Waals surface area (Å²) < 4.78 is 7.97. The van der Waals surface area contributed by atoms with Gasteiger partial charge in [0.2, 0.25) is 0 Å². The van der Waals surface area contributed by atoms with Crippen LogP contribution in [0.15, 0.2) is 22.7 Å². The maximum Gasteiger partial charge on any atom is 0.356 e. The SMILES string of the molecule is Cc1ccc(Br)c(-n2nc(C(=O)O)c3c2CCOC3)c1. The lowest BCUT2D eigenvalue weighted by Gasteiger charge is -2.15. The zero-order chi connectivity index (χ0) is 14.3. The van der Waals surface area contributed by atoms with Gasteiger partial charge in [-0.05, 0) is 40.5 Å². The van der Waals surface area contributed by atoms with E-state index in [0.29, 0.717) is 25.2 Å². The van der Waals surface area contributed by atoms with Gasteiger partial charge in [-0.2, -0.15) is 5.10 Å². The number of aromatic nitrogens is 2. The minimum Gasteiger partial charge on any atom is -0.476 e. The van der Waals surface area contributed by atoms with Crippen LogP contribution in [0.2, 0.25) is 0 Å². The van der Waals surface area contributed by atoms with E-state index in [1.165, 1.54) is 0 Å². The number of hydrogen-bond donors (Lipinski definition) is 1. The molecule has 6 heteroatoms. The predicted octanol–water partition coefficient (Wildman–Crippen LogP) is 2.71. The second-order valence-electron chi connectivity index (χ2n) is 4.75. The van der Waals surface area contributed by atoms with E-state index in [2.05, 4.69) is 21.0 Å². The number of benzene rings is 1. The van der Waals surface area contributed by atoms with Gasteiger partial charge in [0.05, 0.1) is 24.6 Å². The standard InChI is InChI=1S/C14H13BrN2O3/c1-8-2-3-10(15)12(6-8)17-11-4-5-20-7-9(11)13(16-17)14(18)19/h2-3,6H,4-5,7H2,1H3,(H,18,19). The topological polar surface area (TPSA) is 64.4 Å². The fraction of sp³-hybridized carbons (Fsp3) is 0.286. The van der Waals surface area contributed by atoms with E-state index in [9.17, 15) is 9.90 Å². The van der Waals surface area contributed by atoms with Crippen LogP contribution < -0.4 is 0 Å². The van der Waals surface area contributed by atoms with Gasteiger partial charge in [-0.15, -0.1) is 0 Å². The van der Waals surface area contributed by atoms with Crippen molar-refractivity contribution in [3.05, 3.63) is 45.2 Å². The number of aromatic carboxylic acids is 1. The van der Waals surface area contributed by atoms with E-state index >= 15 is 0 Å². The fourth-order valence-electron chi connectivity index (χ4n) is 2.39. The van der Waals surface area contributed by atoms with Crippen LogP contribution in [0, 0.1) is 6.92 Å². The molecule has 1 aromatic heterocycles. The molecule has 0 aliphatic carbocycles. The maximum absolute atomic E-state index is 11.3. The van der Waals surface area contributed by atoms with E-state index in [-0.39, 0.29) is 5.69 Å². The molecule has 1 N–H and O–H groups in total. The molecule has 0 spiro atoms. The molecular weight excluding hydrogens is 324 g/mol. The van der Waals surface area contributed by atoms with Crippen LogP contribution >= 0.6 is 15.9 Å². The minimum absolute atomic E-state index is 0.0770. The molecule has 0 fully saturated rings. The largest absolute Gasteiger partial charge is 0.476 e. The van der Waals surface area contributed by atoms with E-state index in [0.717, 1.165) is 21.4 Å². The normalized spacial score (nSPS) is 14.1. The first-order valence-corrected chi connectivity index (χ1v) is 7.05. The number of ether oxygens (including phenoxy) is 1. The van der Waals surface area contributed by atoms with Gasteiger partial charge in [-0.1, -0.05) is 6.07 Å². The highest BCUT2D eigenvalue weighted by atomic mass is 79.9. The molecule has 0 saturated carbocycles. The number of carboxylic acid groups (broad SMARTS) is 1. The summed E-state index contributed by atoms with van der Waals surface area (Å²) in [6.45, 7) is 2.88. The summed E-state index contributed by atoms with van der Waals surface area (Å²) in [4.78, 5) is 11.3. The van der Waals surface area contributed by atoms with Crippen LogP contribution in [0.4, 0.5) is 0 Å². The van der Waals surface area contributed by atoms with Crippen LogP contribution in [-0.4, -0.2) is 27.5 Å².